The number of carbonyl (C=O) groups excluding carboxylic acids is 1. The Morgan fingerprint density at radius 2 is 1.79 bits per heavy atom. The van der Waals surface area contributed by atoms with Gasteiger partial charge < -0.3 is 14.2 Å². The number of piperazine rings is 1. The number of anilines is 1. The van der Waals surface area contributed by atoms with Crippen molar-refractivity contribution in [2.45, 2.75) is 39.0 Å². The predicted octanol–water partition coefficient (Wildman–Crippen LogP) is 5.08. The Bertz CT molecular complexity index is 1060. The van der Waals surface area contributed by atoms with Gasteiger partial charge in [-0.05, 0) is 41.7 Å². The number of furan rings is 1. The molecule has 3 heterocycles. The molecule has 1 saturated heterocycles. The Morgan fingerprint density at radius 3 is 2.39 bits per heavy atom. The molecule has 1 amide bonds. The van der Waals surface area contributed by atoms with E-state index < -0.39 is 6.43 Å². The summed E-state index contributed by atoms with van der Waals surface area (Å²) in [5, 5.41) is 0. The zero-order chi connectivity index (χ0) is 23.4. The molecule has 33 heavy (non-hydrogen) atoms. The van der Waals surface area contributed by atoms with Crippen LogP contribution in [0.1, 0.15) is 49.4 Å². The molecule has 1 aliphatic rings. The average Bonchev–Trinajstić information content (AvgIpc) is 3.38. The highest BCUT2D eigenvalue weighted by Crippen LogP contribution is 2.26. The molecule has 3 aromatic rings. The highest BCUT2D eigenvalue weighted by Gasteiger charge is 2.24. The van der Waals surface area contributed by atoms with E-state index in [0.29, 0.717) is 56.4 Å². The van der Waals surface area contributed by atoms with Crippen LogP contribution in [0.4, 0.5) is 14.7 Å². The number of rotatable bonds is 7. The SMILES string of the molecule is CC(C)c1ccc(CCC(=O)N2CCN(c3nc(-c4ccco4)cc(C(F)F)n3)CC2)cc1. The molecule has 1 aliphatic heterocycles. The lowest BCUT2D eigenvalue weighted by molar-refractivity contribution is -0.131. The van der Waals surface area contributed by atoms with Gasteiger partial charge in [-0.25, -0.2) is 18.7 Å². The highest BCUT2D eigenvalue weighted by molar-refractivity contribution is 5.76. The molecule has 0 N–H and O–H groups in total. The van der Waals surface area contributed by atoms with Crippen LogP contribution < -0.4 is 4.90 Å². The van der Waals surface area contributed by atoms with Gasteiger partial charge >= 0.3 is 0 Å². The van der Waals surface area contributed by atoms with Gasteiger partial charge in [-0.15, -0.1) is 0 Å². The maximum Gasteiger partial charge on any atom is 0.280 e. The molecule has 1 aromatic carbocycles. The maximum absolute atomic E-state index is 13.4. The number of amides is 1. The molecule has 6 nitrogen and oxygen atoms in total. The van der Waals surface area contributed by atoms with Gasteiger partial charge in [0.2, 0.25) is 11.9 Å². The van der Waals surface area contributed by atoms with Crippen LogP contribution in [0.2, 0.25) is 0 Å². The number of nitrogens with zero attached hydrogens (tertiary/aromatic N) is 4. The molecule has 0 spiro atoms. The smallest absolute Gasteiger partial charge is 0.280 e. The molecule has 0 unspecified atom stereocenters. The van der Waals surface area contributed by atoms with Crippen molar-refractivity contribution in [3.05, 3.63) is 65.5 Å². The van der Waals surface area contributed by atoms with Crippen LogP contribution in [-0.4, -0.2) is 47.0 Å². The van der Waals surface area contributed by atoms with E-state index in [0.717, 1.165) is 5.56 Å². The second-order valence-electron chi connectivity index (χ2n) is 8.52. The fraction of sp³-hybridized carbons (Fsp3) is 0.400. The van der Waals surface area contributed by atoms with E-state index in [9.17, 15) is 13.6 Å². The van der Waals surface area contributed by atoms with Crippen LogP contribution >= 0.6 is 0 Å². The lowest BCUT2D eigenvalue weighted by Crippen LogP contribution is -2.49. The maximum atomic E-state index is 13.4. The number of halogens is 2. The van der Waals surface area contributed by atoms with Crippen molar-refractivity contribution in [1.29, 1.82) is 0 Å². The molecular formula is C25H28F2N4O2. The number of alkyl halides is 2. The van der Waals surface area contributed by atoms with E-state index in [1.807, 2.05) is 9.80 Å². The van der Waals surface area contributed by atoms with Gasteiger partial charge in [0.05, 0.1) is 6.26 Å². The second kappa shape index (κ2) is 10.1. The summed E-state index contributed by atoms with van der Waals surface area (Å²) >= 11 is 0. The first-order valence-electron chi connectivity index (χ1n) is 11.2. The number of carbonyl (C=O) groups is 1. The topological polar surface area (TPSA) is 62.5 Å². The predicted molar refractivity (Wildman–Crippen MR) is 122 cm³/mol. The van der Waals surface area contributed by atoms with Crippen molar-refractivity contribution < 1.29 is 18.0 Å². The van der Waals surface area contributed by atoms with Gasteiger partial charge in [0.15, 0.2) is 5.76 Å². The van der Waals surface area contributed by atoms with Crippen LogP contribution in [0.25, 0.3) is 11.5 Å². The summed E-state index contributed by atoms with van der Waals surface area (Å²) in [5.74, 6) is 1.23. The van der Waals surface area contributed by atoms with Crippen molar-refractivity contribution >= 4 is 11.9 Å². The van der Waals surface area contributed by atoms with Crippen LogP contribution in [0.15, 0.2) is 53.1 Å². The van der Waals surface area contributed by atoms with Crippen molar-refractivity contribution in [3.8, 4) is 11.5 Å². The van der Waals surface area contributed by atoms with E-state index in [4.69, 9.17) is 4.42 Å². The monoisotopic (exact) mass is 454 g/mol. The number of aromatic nitrogens is 2. The number of hydrogen-bond acceptors (Lipinski definition) is 5. The van der Waals surface area contributed by atoms with E-state index in [1.54, 1.807) is 12.1 Å². The molecule has 1 fully saturated rings. The minimum atomic E-state index is -2.71. The molecule has 8 heteroatoms. The fourth-order valence-electron chi connectivity index (χ4n) is 3.89. The summed E-state index contributed by atoms with van der Waals surface area (Å²) in [6.07, 6.45) is -0.0925. The number of hydrogen-bond donors (Lipinski definition) is 0. The third-order valence-corrected chi connectivity index (χ3v) is 5.92. The molecule has 0 bridgehead atoms. The van der Waals surface area contributed by atoms with Crippen LogP contribution in [0.5, 0.6) is 0 Å². The van der Waals surface area contributed by atoms with Crippen LogP contribution in [-0.2, 0) is 11.2 Å². The lowest BCUT2D eigenvalue weighted by atomic mass is 10.00. The largest absolute Gasteiger partial charge is 0.463 e. The minimum absolute atomic E-state index is 0.0983. The Balaban J connectivity index is 1.36. The number of benzene rings is 1. The van der Waals surface area contributed by atoms with Gasteiger partial charge in [-0.2, -0.15) is 0 Å². The molecule has 0 atom stereocenters. The summed E-state index contributed by atoms with van der Waals surface area (Å²) in [4.78, 5) is 24.9. The Labute approximate surface area is 192 Å². The van der Waals surface area contributed by atoms with Crippen LogP contribution in [0, 0.1) is 0 Å². The average molecular weight is 455 g/mol. The third-order valence-electron chi connectivity index (χ3n) is 5.92. The van der Waals surface area contributed by atoms with E-state index in [2.05, 4.69) is 48.1 Å². The Kier molecular flexibility index (Phi) is 7.01. The van der Waals surface area contributed by atoms with Crippen molar-refractivity contribution in [2.75, 3.05) is 31.1 Å². The van der Waals surface area contributed by atoms with Crippen LogP contribution in [0.3, 0.4) is 0 Å². The zero-order valence-electron chi connectivity index (χ0n) is 18.9. The number of aryl methyl sites for hydroxylation is 1. The Morgan fingerprint density at radius 1 is 1.06 bits per heavy atom. The molecule has 2 aromatic heterocycles. The molecule has 0 aliphatic carbocycles. The first-order chi connectivity index (χ1) is 15.9. The molecule has 0 saturated carbocycles. The summed E-state index contributed by atoms with van der Waals surface area (Å²) in [7, 11) is 0. The molecule has 174 valence electrons. The summed E-state index contributed by atoms with van der Waals surface area (Å²) < 4.78 is 32.1. The third kappa shape index (κ3) is 5.56. The van der Waals surface area contributed by atoms with Gasteiger partial charge in [-0.3, -0.25) is 4.79 Å². The standard InChI is InChI=1S/C25H28F2N4O2/c1-17(2)19-8-5-18(6-9-19)7-10-23(32)30-11-13-31(14-12-30)25-28-20(22-4-3-15-33-22)16-21(29-25)24(26)27/h3-6,8-9,15-17,24H,7,10-14H2,1-2H3. The van der Waals surface area contributed by atoms with Gasteiger partial charge in [-0.1, -0.05) is 38.1 Å². The minimum Gasteiger partial charge on any atom is -0.463 e. The van der Waals surface area contributed by atoms with Crippen molar-refractivity contribution in [1.82, 2.24) is 14.9 Å². The highest BCUT2D eigenvalue weighted by atomic mass is 19.3. The van der Waals surface area contributed by atoms with Crippen molar-refractivity contribution in [2.24, 2.45) is 0 Å². The lowest BCUT2D eigenvalue weighted by Gasteiger charge is -2.35. The van der Waals surface area contributed by atoms with E-state index in [1.165, 1.54) is 17.9 Å². The normalized spacial score (nSPS) is 14.4. The second-order valence-corrected chi connectivity index (χ2v) is 8.52. The molecular weight excluding hydrogens is 426 g/mol. The van der Waals surface area contributed by atoms with Gasteiger partial charge in [0.1, 0.15) is 11.4 Å². The van der Waals surface area contributed by atoms with Gasteiger partial charge in [0.25, 0.3) is 6.43 Å². The quantitative estimate of drug-likeness (QED) is 0.498. The Hall–Kier alpha value is -3.29. The zero-order valence-corrected chi connectivity index (χ0v) is 18.9. The van der Waals surface area contributed by atoms with Crippen molar-refractivity contribution in [3.63, 3.8) is 0 Å². The van der Waals surface area contributed by atoms with Gasteiger partial charge in [0, 0.05) is 32.6 Å². The first-order valence-corrected chi connectivity index (χ1v) is 11.2. The fourth-order valence-corrected chi connectivity index (χ4v) is 3.89. The summed E-state index contributed by atoms with van der Waals surface area (Å²) in [5.41, 5.74) is 2.42. The van der Waals surface area contributed by atoms with E-state index in [-0.39, 0.29) is 17.5 Å². The first kappa shape index (κ1) is 22.9. The molecule has 0 radical (unpaired) electrons. The van der Waals surface area contributed by atoms with E-state index >= 15 is 0 Å². The summed E-state index contributed by atoms with van der Waals surface area (Å²) in [6, 6.07) is 13.0. The summed E-state index contributed by atoms with van der Waals surface area (Å²) in [6.45, 7) is 6.29. The molecule has 4 rings (SSSR count).